The van der Waals surface area contributed by atoms with Crippen molar-refractivity contribution in [2.75, 3.05) is 32.8 Å². The van der Waals surface area contributed by atoms with Crippen molar-refractivity contribution < 1.29 is 9.53 Å². The molecule has 0 spiro atoms. The van der Waals surface area contributed by atoms with E-state index in [1.807, 2.05) is 6.92 Å². The van der Waals surface area contributed by atoms with E-state index in [0.717, 1.165) is 26.1 Å². The molecule has 0 bridgehead atoms. The molecule has 0 aromatic rings. The van der Waals surface area contributed by atoms with Gasteiger partial charge in [-0.3, -0.25) is 9.69 Å². The van der Waals surface area contributed by atoms with Gasteiger partial charge in [0, 0.05) is 12.6 Å². The quantitative estimate of drug-likeness (QED) is 0.689. The SMILES string of the molecule is CCCNC1CCCN(CC(=O)OCC)C1. The molecule has 0 saturated carbocycles. The summed E-state index contributed by atoms with van der Waals surface area (Å²) in [5.41, 5.74) is 0. The summed E-state index contributed by atoms with van der Waals surface area (Å²) in [4.78, 5) is 13.5. The fourth-order valence-electron chi connectivity index (χ4n) is 2.10. The highest BCUT2D eigenvalue weighted by Crippen LogP contribution is 2.09. The summed E-state index contributed by atoms with van der Waals surface area (Å²) >= 11 is 0. The number of piperidine rings is 1. The first kappa shape index (κ1) is 13.5. The van der Waals surface area contributed by atoms with E-state index in [2.05, 4.69) is 17.1 Å². The van der Waals surface area contributed by atoms with Crippen LogP contribution in [-0.4, -0.2) is 49.7 Å². The maximum atomic E-state index is 11.3. The number of hydrogen-bond donors (Lipinski definition) is 1. The number of nitrogens with one attached hydrogen (secondary N) is 1. The fourth-order valence-corrected chi connectivity index (χ4v) is 2.10. The molecular formula is C12H24N2O2. The second kappa shape index (κ2) is 7.63. The van der Waals surface area contributed by atoms with Gasteiger partial charge < -0.3 is 10.1 Å². The third-order valence-electron chi connectivity index (χ3n) is 2.85. The lowest BCUT2D eigenvalue weighted by molar-refractivity contribution is -0.144. The Labute approximate surface area is 98.3 Å². The number of ether oxygens (including phenoxy) is 1. The van der Waals surface area contributed by atoms with Crippen LogP contribution in [0.1, 0.15) is 33.1 Å². The van der Waals surface area contributed by atoms with Gasteiger partial charge in [0.15, 0.2) is 0 Å². The molecule has 16 heavy (non-hydrogen) atoms. The summed E-state index contributed by atoms with van der Waals surface area (Å²) < 4.78 is 4.96. The molecule has 1 saturated heterocycles. The molecule has 0 radical (unpaired) electrons. The van der Waals surface area contributed by atoms with Crippen LogP contribution in [0.2, 0.25) is 0 Å². The smallest absolute Gasteiger partial charge is 0.320 e. The highest BCUT2D eigenvalue weighted by atomic mass is 16.5. The minimum Gasteiger partial charge on any atom is -0.465 e. The Bertz CT molecular complexity index is 209. The molecule has 0 aromatic heterocycles. The van der Waals surface area contributed by atoms with Gasteiger partial charge in [-0.2, -0.15) is 0 Å². The molecule has 1 N–H and O–H groups in total. The van der Waals surface area contributed by atoms with Crippen LogP contribution in [0.5, 0.6) is 0 Å². The Kier molecular flexibility index (Phi) is 6.42. The van der Waals surface area contributed by atoms with Crippen LogP contribution in [0, 0.1) is 0 Å². The predicted octanol–water partition coefficient (Wildman–Crippen LogP) is 1.01. The zero-order chi connectivity index (χ0) is 11.8. The number of likely N-dealkylation sites (tertiary alicyclic amines) is 1. The first-order valence-corrected chi connectivity index (χ1v) is 6.37. The van der Waals surface area contributed by atoms with Crippen LogP contribution >= 0.6 is 0 Å². The van der Waals surface area contributed by atoms with Gasteiger partial charge in [-0.25, -0.2) is 0 Å². The maximum Gasteiger partial charge on any atom is 0.320 e. The molecule has 1 fully saturated rings. The lowest BCUT2D eigenvalue weighted by atomic mass is 10.1. The molecule has 1 unspecified atom stereocenters. The number of esters is 1. The highest BCUT2D eigenvalue weighted by Gasteiger charge is 2.21. The van der Waals surface area contributed by atoms with Crippen molar-refractivity contribution in [1.29, 1.82) is 0 Å². The zero-order valence-electron chi connectivity index (χ0n) is 10.5. The van der Waals surface area contributed by atoms with Crippen LogP contribution in [0.4, 0.5) is 0 Å². The van der Waals surface area contributed by atoms with Crippen LogP contribution in [0.25, 0.3) is 0 Å². The van der Waals surface area contributed by atoms with Crippen molar-refractivity contribution in [2.45, 2.75) is 39.2 Å². The van der Waals surface area contributed by atoms with Crippen molar-refractivity contribution in [1.82, 2.24) is 10.2 Å². The Hall–Kier alpha value is -0.610. The number of hydrogen-bond acceptors (Lipinski definition) is 4. The van der Waals surface area contributed by atoms with E-state index in [1.54, 1.807) is 0 Å². The lowest BCUT2D eigenvalue weighted by Crippen LogP contribution is -2.47. The van der Waals surface area contributed by atoms with Gasteiger partial charge in [0.05, 0.1) is 13.2 Å². The first-order valence-electron chi connectivity index (χ1n) is 6.37. The van der Waals surface area contributed by atoms with Gasteiger partial charge in [-0.1, -0.05) is 6.92 Å². The predicted molar refractivity (Wildman–Crippen MR) is 64.4 cm³/mol. The molecule has 1 aliphatic heterocycles. The Morgan fingerprint density at radius 2 is 2.31 bits per heavy atom. The van der Waals surface area contributed by atoms with Gasteiger partial charge in [-0.15, -0.1) is 0 Å². The summed E-state index contributed by atoms with van der Waals surface area (Å²) in [6.45, 7) is 7.99. The zero-order valence-corrected chi connectivity index (χ0v) is 10.5. The summed E-state index contributed by atoms with van der Waals surface area (Å²) in [7, 11) is 0. The van der Waals surface area contributed by atoms with E-state index in [-0.39, 0.29) is 5.97 Å². The molecule has 0 aromatic carbocycles. The van der Waals surface area contributed by atoms with Crippen molar-refractivity contribution in [3.63, 3.8) is 0 Å². The minimum absolute atomic E-state index is 0.0985. The second-order valence-corrected chi connectivity index (χ2v) is 4.33. The van der Waals surface area contributed by atoms with E-state index in [9.17, 15) is 4.79 Å². The normalized spacial score (nSPS) is 22.0. The summed E-state index contributed by atoms with van der Waals surface area (Å²) in [5, 5.41) is 3.51. The molecule has 94 valence electrons. The lowest BCUT2D eigenvalue weighted by Gasteiger charge is -2.32. The number of carbonyl (C=O) groups excluding carboxylic acids is 1. The van der Waals surface area contributed by atoms with E-state index < -0.39 is 0 Å². The molecule has 0 aliphatic carbocycles. The Balaban J connectivity index is 2.24. The van der Waals surface area contributed by atoms with Crippen LogP contribution in [0.3, 0.4) is 0 Å². The van der Waals surface area contributed by atoms with Crippen LogP contribution < -0.4 is 5.32 Å². The largest absolute Gasteiger partial charge is 0.465 e. The number of nitrogens with zero attached hydrogens (tertiary/aromatic N) is 1. The summed E-state index contributed by atoms with van der Waals surface area (Å²) in [6.07, 6.45) is 3.55. The van der Waals surface area contributed by atoms with E-state index in [4.69, 9.17) is 4.74 Å². The number of rotatable bonds is 6. The first-order chi connectivity index (χ1) is 7.76. The van der Waals surface area contributed by atoms with Gasteiger partial charge in [0.25, 0.3) is 0 Å². The molecule has 1 atom stereocenters. The second-order valence-electron chi connectivity index (χ2n) is 4.33. The van der Waals surface area contributed by atoms with Crippen molar-refractivity contribution >= 4 is 5.97 Å². The van der Waals surface area contributed by atoms with Gasteiger partial charge >= 0.3 is 5.97 Å². The molecule has 1 heterocycles. The highest BCUT2D eigenvalue weighted by molar-refractivity contribution is 5.71. The molecule has 0 amide bonds. The average molecular weight is 228 g/mol. The van der Waals surface area contributed by atoms with E-state index >= 15 is 0 Å². The minimum atomic E-state index is -0.0985. The summed E-state index contributed by atoms with van der Waals surface area (Å²) in [5.74, 6) is -0.0985. The maximum absolute atomic E-state index is 11.3. The van der Waals surface area contributed by atoms with Gasteiger partial charge in [-0.05, 0) is 39.3 Å². The fraction of sp³-hybridized carbons (Fsp3) is 0.917. The van der Waals surface area contributed by atoms with E-state index in [1.165, 1.54) is 12.8 Å². The van der Waals surface area contributed by atoms with Crippen LogP contribution in [0.15, 0.2) is 0 Å². The van der Waals surface area contributed by atoms with E-state index in [0.29, 0.717) is 19.2 Å². The van der Waals surface area contributed by atoms with Crippen molar-refractivity contribution in [2.24, 2.45) is 0 Å². The third-order valence-corrected chi connectivity index (χ3v) is 2.85. The molecule has 4 nitrogen and oxygen atoms in total. The standard InChI is InChI=1S/C12H24N2O2/c1-3-7-13-11-6-5-8-14(9-11)10-12(15)16-4-2/h11,13H,3-10H2,1-2H3. The topological polar surface area (TPSA) is 41.6 Å². The molecule has 1 rings (SSSR count). The Morgan fingerprint density at radius 1 is 1.50 bits per heavy atom. The average Bonchev–Trinajstić information content (AvgIpc) is 2.27. The number of carbonyl (C=O) groups is 1. The Morgan fingerprint density at radius 3 is 3.00 bits per heavy atom. The van der Waals surface area contributed by atoms with Crippen LogP contribution in [-0.2, 0) is 9.53 Å². The van der Waals surface area contributed by atoms with Crippen molar-refractivity contribution in [3.8, 4) is 0 Å². The van der Waals surface area contributed by atoms with Crippen molar-refractivity contribution in [3.05, 3.63) is 0 Å². The van der Waals surface area contributed by atoms with Gasteiger partial charge in [0.1, 0.15) is 0 Å². The molecular weight excluding hydrogens is 204 g/mol. The monoisotopic (exact) mass is 228 g/mol. The third kappa shape index (κ3) is 4.94. The molecule has 4 heteroatoms. The molecule has 1 aliphatic rings. The van der Waals surface area contributed by atoms with Gasteiger partial charge in [0.2, 0.25) is 0 Å². The summed E-state index contributed by atoms with van der Waals surface area (Å²) in [6, 6.07) is 0.545.